The van der Waals surface area contributed by atoms with Gasteiger partial charge in [-0.3, -0.25) is 0 Å². The molecular formula is C12H6N2S2. The Hall–Kier alpha value is -1.70. The van der Waals surface area contributed by atoms with Crippen LogP contribution in [0.1, 0.15) is 0 Å². The highest BCUT2D eigenvalue weighted by atomic mass is 32.1. The molecule has 16 heavy (non-hydrogen) atoms. The third-order valence-corrected chi connectivity index (χ3v) is 2.39. The van der Waals surface area contributed by atoms with Crippen LogP contribution in [-0.2, 0) is 0 Å². The number of hydrogen-bond acceptors (Lipinski definition) is 4. The molecule has 0 amide bonds. The lowest BCUT2D eigenvalue weighted by Gasteiger charge is -2.02. The average Bonchev–Trinajstić information content (AvgIpc) is 2.31. The lowest BCUT2D eigenvalue weighted by atomic mass is 10.1. The lowest BCUT2D eigenvalue weighted by Crippen LogP contribution is -1.74. The number of hydrogen-bond donors (Lipinski definition) is 0. The van der Waals surface area contributed by atoms with Crippen LogP contribution in [0.25, 0.3) is 10.8 Å². The smallest absolute Gasteiger partial charge is 0.0818 e. The highest BCUT2D eigenvalue weighted by Gasteiger charge is 2.02. The van der Waals surface area contributed by atoms with Crippen molar-refractivity contribution in [3.63, 3.8) is 0 Å². The molecule has 0 aromatic heterocycles. The van der Waals surface area contributed by atoms with Gasteiger partial charge in [-0.2, -0.15) is 9.98 Å². The Morgan fingerprint density at radius 2 is 1.19 bits per heavy atom. The lowest BCUT2D eigenvalue weighted by molar-refractivity contribution is 1.56. The maximum absolute atomic E-state index is 4.61. The van der Waals surface area contributed by atoms with E-state index in [-0.39, 0.29) is 0 Å². The van der Waals surface area contributed by atoms with E-state index in [4.69, 9.17) is 0 Å². The van der Waals surface area contributed by atoms with Crippen LogP contribution in [0, 0.1) is 0 Å². The van der Waals surface area contributed by atoms with Crippen LogP contribution in [0.3, 0.4) is 0 Å². The van der Waals surface area contributed by atoms with Gasteiger partial charge in [-0.1, -0.05) is 24.3 Å². The van der Waals surface area contributed by atoms with Gasteiger partial charge in [0.1, 0.15) is 0 Å². The predicted octanol–water partition coefficient (Wildman–Crippen LogP) is 4.31. The molecular weight excluding hydrogens is 236 g/mol. The molecule has 2 aromatic rings. The minimum Gasteiger partial charge on any atom is -0.194 e. The van der Waals surface area contributed by atoms with E-state index < -0.39 is 0 Å². The molecule has 0 aliphatic heterocycles. The summed E-state index contributed by atoms with van der Waals surface area (Å²) in [6.45, 7) is 0. The molecule has 2 aromatic carbocycles. The number of rotatable bonds is 2. The van der Waals surface area contributed by atoms with Gasteiger partial charge in [0, 0.05) is 10.8 Å². The van der Waals surface area contributed by atoms with E-state index in [0.29, 0.717) is 0 Å². The molecule has 0 aliphatic carbocycles. The first-order valence-electron chi connectivity index (χ1n) is 4.54. The second-order valence-electron chi connectivity index (χ2n) is 3.06. The van der Waals surface area contributed by atoms with Crippen molar-refractivity contribution in [2.45, 2.75) is 0 Å². The summed E-state index contributed by atoms with van der Waals surface area (Å²) in [7, 11) is 0. The van der Waals surface area contributed by atoms with Crippen molar-refractivity contribution in [2.24, 2.45) is 9.98 Å². The summed E-state index contributed by atoms with van der Waals surface area (Å²) in [6.07, 6.45) is 0. The Kier molecular flexibility index (Phi) is 3.30. The molecule has 0 N–H and O–H groups in total. The van der Waals surface area contributed by atoms with Gasteiger partial charge in [0.15, 0.2) is 0 Å². The SMILES string of the molecule is S=C=Nc1cccc2c(N=C=S)cccc12. The van der Waals surface area contributed by atoms with Crippen LogP contribution < -0.4 is 0 Å². The average molecular weight is 242 g/mol. The van der Waals surface area contributed by atoms with E-state index in [0.717, 1.165) is 22.1 Å². The predicted molar refractivity (Wildman–Crippen MR) is 73.3 cm³/mol. The molecule has 0 bridgehead atoms. The quantitative estimate of drug-likeness (QED) is 0.579. The molecule has 0 spiro atoms. The summed E-state index contributed by atoms with van der Waals surface area (Å²) in [5.41, 5.74) is 1.57. The number of fused-ring (bicyclic) bond motifs is 1. The Morgan fingerprint density at radius 3 is 1.56 bits per heavy atom. The maximum atomic E-state index is 4.61. The van der Waals surface area contributed by atoms with Crippen LogP contribution in [0.2, 0.25) is 0 Å². The number of thiocarbonyl (C=S) groups is 2. The monoisotopic (exact) mass is 242 g/mol. The molecule has 0 fully saturated rings. The minimum atomic E-state index is 0.786. The number of nitrogens with zero attached hydrogens (tertiary/aromatic N) is 2. The van der Waals surface area contributed by atoms with Crippen molar-refractivity contribution < 1.29 is 0 Å². The first kappa shape index (κ1) is 10.8. The topological polar surface area (TPSA) is 24.7 Å². The van der Waals surface area contributed by atoms with Crippen molar-refractivity contribution in [3.8, 4) is 0 Å². The van der Waals surface area contributed by atoms with E-state index in [1.165, 1.54) is 0 Å². The molecule has 0 saturated carbocycles. The van der Waals surface area contributed by atoms with Gasteiger partial charge < -0.3 is 0 Å². The highest BCUT2D eigenvalue weighted by molar-refractivity contribution is 7.78. The van der Waals surface area contributed by atoms with Crippen LogP contribution in [0.15, 0.2) is 46.4 Å². The van der Waals surface area contributed by atoms with E-state index in [2.05, 4.69) is 44.7 Å². The van der Waals surface area contributed by atoms with Gasteiger partial charge in [0.05, 0.1) is 21.7 Å². The fraction of sp³-hybridized carbons (Fsp3) is 0. The summed E-state index contributed by atoms with van der Waals surface area (Å²) >= 11 is 9.22. The number of isothiocyanates is 2. The fourth-order valence-corrected chi connectivity index (χ4v) is 1.77. The molecule has 0 saturated heterocycles. The summed E-state index contributed by atoms with van der Waals surface area (Å²) in [5, 5.41) is 6.69. The summed E-state index contributed by atoms with van der Waals surface area (Å²) in [5.74, 6) is 0. The zero-order chi connectivity index (χ0) is 11.4. The Labute approximate surface area is 103 Å². The van der Waals surface area contributed by atoms with E-state index >= 15 is 0 Å². The van der Waals surface area contributed by atoms with Gasteiger partial charge in [0.2, 0.25) is 0 Å². The maximum Gasteiger partial charge on any atom is 0.0818 e. The number of aliphatic imine (C=N–C) groups is 2. The Balaban J connectivity index is 2.85. The molecule has 2 nitrogen and oxygen atoms in total. The largest absolute Gasteiger partial charge is 0.194 e. The Morgan fingerprint density at radius 1 is 0.750 bits per heavy atom. The van der Waals surface area contributed by atoms with E-state index in [1.807, 2.05) is 36.4 Å². The standard InChI is InChI=1S/C12H6N2S2/c15-7-13-11-5-1-3-9-10(11)4-2-6-12(9)14-8-16/h1-6H. The molecule has 2 rings (SSSR count). The molecule has 0 unspecified atom stereocenters. The second kappa shape index (κ2) is 4.88. The normalized spacial score (nSPS) is 9.25. The van der Waals surface area contributed by atoms with Gasteiger partial charge in [-0.05, 0) is 36.6 Å². The zero-order valence-electron chi connectivity index (χ0n) is 8.18. The first-order valence-corrected chi connectivity index (χ1v) is 5.36. The van der Waals surface area contributed by atoms with E-state index in [1.54, 1.807) is 0 Å². The van der Waals surface area contributed by atoms with Crippen LogP contribution in [-0.4, -0.2) is 10.3 Å². The van der Waals surface area contributed by atoms with E-state index in [9.17, 15) is 0 Å². The van der Waals surface area contributed by atoms with Gasteiger partial charge >= 0.3 is 0 Å². The molecule has 0 aliphatic rings. The van der Waals surface area contributed by atoms with Gasteiger partial charge in [-0.25, -0.2) is 0 Å². The Bertz CT molecular complexity index is 579. The molecule has 0 heterocycles. The minimum absolute atomic E-state index is 0.786. The summed E-state index contributed by atoms with van der Waals surface area (Å²) in [4.78, 5) is 8.03. The van der Waals surface area contributed by atoms with Crippen LogP contribution in [0.5, 0.6) is 0 Å². The second-order valence-corrected chi connectivity index (χ2v) is 3.42. The van der Waals surface area contributed by atoms with Crippen molar-refractivity contribution in [2.75, 3.05) is 0 Å². The van der Waals surface area contributed by atoms with Crippen molar-refractivity contribution in [1.82, 2.24) is 0 Å². The first-order chi connectivity index (χ1) is 7.86. The molecule has 0 radical (unpaired) electrons. The van der Waals surface area contributed by atoms with Crippen LogP contribution in [0.4, 0.5) is 11.4 Å². The summed E-state index contributed by atoms with van der Waals surface area (Å²) < 4.78 is 0. The molecule has 76 valence electrons. The van der Waals surface area contributed by atoms with Gasteiger partial charge in [0.25, 0.3) is 0 Å². The van der Waals surface area contributed by atoms with Gasteiger partial charge in [-0.15, -0.1) is 0 Å². The molecule has 0 atom stereocenters. The highest BCUT2D eigenvalue weighted by Crippen LogP contribution is 2.31. The van der Waals surface area contributed by atoms with Crippen LogP contribution >= 0.6 is 24.4 Å². The third kappa shape index (κ3) is 1.96. The van der Waals surface area contributed by atoms with Crippen molar-refractivity contribution in [1.29, 1.82) is 0 Å². The third-order valence-electron chi connectivity index (χ3n) is 2.21. The molecule has 4 heteroatoms. The van der Waals surface area contributed by atoms with Crippen molar-refractivity contribution in [3.05, 3.63) is 36.4 Å². The number of benzene rings is 2. The van der Waals surface area contributed by atoms with Crippen molar-refractivity contribution >= 4 is 56.9 Å². The fourth-order valence-electron chi connectivity index (χ4n) is 1.57. The zero-order valence-corrected chi connectivity index (χ0v) is 9.81. The summed E-state index contributed by atoms with van der Waals surface area (Å²) in [6, 6.07) is 11.5.